The number of fused-ring (bicyclic) bond motifs is 2. The van der Waals surface area contributed by atoms with Gasteiger partial charge < -0.3 is 9.64 Å². The zero-order valence-corrected chi connectivity index (χ0v) is 19.6. The number of para-hydroxylation sites is 1. The third-order valence-corrected chi connectivity index (χ3v) is 6.20. The molecule has 0 amide bonds. The predicted octanol–water partition coefficient (Wildman–Crippen LogP) is 4.76. The van der Waals surface area contributed by atoms with Crippen molar-refractivity contribution in [2.75, 3.05) is 18.1 Å². The van der Waals surface area contributed by atoms with Crippen molar-refractivity contribution in [1.29, 1.82) is 0 Å². The Kier molecular flexibility index (Phi) is 5.83. The number of hydrogen-bond acceptors (Lipinski definition) is 6. The van der Waals surface area contributed by atoms with Gasteiger partial charge in [0, 0.05) is 55.9 Å². The molecule has 7 heteroatoms. The summed E-state index contributed by atoms with van der Waals surface area (Å²) in [7, 11) is 1.90. The summed E-state index contributed by atoms with van der Waals surface area (Å²) in [5, 5.41) is 4.27. The number of benzene rings is 2. The Morgan fingerprint density at radius 1 is 1.09 bits per heavy atom. The van der Waals surface area contributed by atoms with Crippen LogP contribution in [0.4, 0.5) is 11.4 Å². The van der Waals surface area contributed by atoms with Crippen LogP contribution in [0.25, 0.3) is 22.3 Å². The Bertz CT molecular complexity index is 1270. The quantitative estimate of drug-likeness (QED) is 0.444. The molecule has 5 rings (SSSR count). The summed E-state index contributed by atoms with van der Waals surface area (Å²) in [5.41, 5.74) is 7.02. The number of anilines is 2. The lowest BCUT2D eigenvalue weighted by Gasteiger charge is -2.34. The number of ether oxygens (including phenoxy) is 1. The number of nitrogens with zero attached hydrogens (tertiary/aromatic N) is 6. The van der Waals surface area contributed by atoms with Gasteiger partial charge in [-0.2, -0.15) is 5.10 Å². The van der Waals surface area contributed by atoms with Gasteiger partial charge in [0.1, 0.15) is 6.23 Å². The van der Waals surface area contributed by atoms with Crippen molar-refractivity contribution in [3.63, 3.8) is 0 Å². The highest BCUT2D eigenvalue weighted by Gasteiger charge is 2.30. The van der Waals surface area contributed by atoms with Crippen LogP contribution in [0.1, 0.15) is 26.3 Å². The Hall–Kier alpha value is -3.29. The monoisotopic (exact) mass is 442 g/mol. The van der Waals surface area contributed by atoms with Gasteiger partial charge in [0.15, 0.2) is 0 Å². The first-order valence-corrected chi connectivity index (χ1v) is 11.5. The molecule has 2 aromatic carbocycles. The average Bonchev–Trinajstić information content (AvgIpc) is 3.17. The highest BCUT2D eigenvalue weighted by Crippen LogP contribution is 2.36. The first-order valence-electron chi connectivity index (χ1n) is 11.5. The maximum absolute atomic E-state index is 6.31. The molecule has 1 aliphatic heterocycles. The standard InChI is InChI=1S/C26H30N6O/c1-5-33-26-17-31(18(2)3)16-19-8-6-7-9-25(19)32(26)21-10-11-22-23(12-21)29-24(14-27-22)20-13-28-30(4)15-20/h6-15,18,26H,5,16-17H2,1-4H3. The van der Waals surface area contributed by atoms with Gasteiger partial charge in [0.25, 0.3) is 0 Å². The molecular weight excluding hydrogens is 412 g/mol. The third kappa shape index (κ3) is 4.21. The average molecular weight is 443 g/mol. The van der Waals surface area contributed by atoms with Gasteiger partial charge in [-0.15, -0.1) is 0 Å². The molecule has 0 fully saturated rings. The van der Waals surface area contributed by atoms with Crippen LogP contribution in [0, 0.1) is 0 Å². The summed E-state index contributed by atoms with van der Waals surface area (Å²) in [6.45, 7) is 8.90. The summed E-state index contributed by atoms with van der Waals surface area (Å²) >= 11 is 0. The Morgan fingerprint density at radius 3 is 2.70 bits per heavy atom. The lowest BCUT2D eigenvalue weighted by atomic mass is 10.1. The molecule has 0 saturated carbocycles. The van der Waals surface area contributed by atoms with Crippen LogP contribution >= 0.6 is 0 Å². The maximum atomic E-state index is 6.31. The molecule has 0 radical (unpaired) electrons. The molecule has 0 spiro atoms. The van der Waals surface area contributed by atoms with Crippen LogP contribution in [-0.4, -0.2) is 50.1 Å². The highest BCUT2D eigenvalue weighted by atomic mass is 16.5. The molecule has 7 nitrogen and oxygen atoms in total. The number of aromatic nitrogens is 4. The second-order valence-corrected chi connectivity index (χ2v) is 8.76. The van der Waals surface area contributed by atoms with Crippen LogP contribution in [0.15, 0.2) is 61.1 Å². The normalized spacial score (nSPS) is 16.9. The van der Waals surface area contributed by atoms with Crippen LogP contribution in [0.3, 0.4) is 0 Å². The Morgan fingerprint density at radius 2 is 1.94 bits per heavy atom. The van der Waals surface area contributed by atoms with E-state index in [1.54, 1.807) is 4.68 Å². The van der Waals surface area contributed by atoms with E-state index in [0.717, 1.165) is 41.1 Å². The second kappa shape index (κ2) is 8.92. The molecule has 1 unspecified atom stereocenters. The van der Waals surface area contributed by atoms with E-state index in [2.05, 4.69) is 77.1 Å². The van der Waals surface area contributed by atoms with Gasteiger partial charge in [-0.25, -0.2) is 4.98 Å². The molecule has 0 N–H and O–H groups in total. The van der Waals surface area contributed by atoms with Crippen molar-refractivity contribution in [2.24, 2.45) is 7.05 Å². The van der Waals surface area contributed by atoms with E-state index < -0.39 is 0 Å². The molecule has 0 bridgehead atoms. The SMILES string of the molecule is CCOC1CN(C(C)C)Cc2ccccc2N1c1ccc2ncc(-c3cnn(C)c3)nc2c1. The minimum Gasteiger partial charge on any atom is -0.357 e. The molecule has 1 atom stereocenters. The molecule has 3 heterocycles. The van der Waals surface area contributed by atoms with Gasteiger partial charge in [-0.1, -0.05) is 18.2 Å². The smallest absolute Gasteiger partial charge is 0.147 e. The molecular formula is C26H30N6O. The van der Waals surface area contributed by atoms with Crippen molar-refractivity contribution < 1.29 is 4.74 Å². The largest absolute Gasteiger partial charge is 0.357 e. The van der Waals surface area contributed by atoms with E-state index in [1.807, 2.05) is 31.7 Å². The zero-order valence-electron chi connectivity index (χ0n) is 19.6. The number of hydrogen-bond donors (Lipinski definition) is 0. The van der Waals surface area contributed by atoms with E-state index in [1.165, 1.54) is 11.3 Å². The summed E-state index contributed by atoms with van der Waals surface area (Å²) in [6.07, 6.45) is 5.48. The summed E-state index contributed by atoms with van der Waals surface area (Å²) < 4.78 is 8.09. The van der Waals surface area contributed by atoms with E-state index >= 15 is 0 Å². The molecule has 4 aromatic rings. The van der Waals surface area contributed by atoms with Crippen molar-refractivity contribution in [3.8, 4) is 11.3 Å². The molecule has 170 valence electrons. The maximum Gasteiger partial charge on any atom is 0.147 e. The topological polar surface area (TPSA) is 59.3 Å². The predicted molar refractivity (Wildman–Crippen MR) is 131 cm³/mol. The zero-order chi connectivity index (χ0) is 22.9. The molecule has 2 aromatic heterocycles. The molecule has 0 aliphatic carbocycles. The minimum absolute atomic E-state index is 0.104. The Labute approximate surface area is 194 Å². The fourth-order valence-corrected chi connectivity index (χ4v) is 4.46. The van der Waals surface area contributed by atoms with Crippen molar-refractivity contribution >= 4 is 22.4 Å². The van der Waals surface area contributed by atoms with Gasteiger partial charge in [-0.3, -0.25) is 14.6 Å². The fourth-order valence-electron chi connectivity index (χ4n) is 4.46. The number of aryl methyl sites for hydroxylation is 1. The van der Waals surface area contributed by atoms with E-state index in [0.29, 0.717) is 12.6 Å². The fraction of sp³-hybridized carbons (Fsp3) is 0.346. The minimum atomic E-state index is -0.104. The van der Waals surface area contributed by atoms with Crippen molar-refractivity contribution in [2.45, 2.75) is 39.6 Å². The Balaban J connectivity index is 1.62. The first-order chi connectivity index (χ1) is 16.0. The first kappa shape index (κ1) is 21.6. The van der Waals surface area contributed by atoms with Gasteiger partial charge in [0.05, 0.1) is 29.1 Å². The van der Waals surface area contributed by atoms with E-state index in [4.69, 9.17) is 9.72 Å². The van der Waals surface area contributed by atoms with Crippen LogP contribution in [0.2, 0.25) is 0 Å². The van der Waals surface area contributed by atoms with Crippen LogP contribution in [-0.2, 0) is 18.3 Å². The molecule has 1 aliphatic rings. The third-order valence-electron chi connectivity index (χ3n) is 6.20. The van der Waals surface area contributed by atoms with Crippen LogP contribution in [0.5, 0.6) is 0 Å². The summed E-state index contributed by atoms with van der Waals surface area (Å²) in [4.78, 5) is 14.4. The highest BCUT2D eigenvalue weighted by molar-refractivity contribution is 5.83. The second-order valence-electron chi connectivity index (χ2n) is 8.76. The number of rotatable bonds is 5. The van der Waals surface area contributed by atoms with Crippen LogP contribution < -0.4 is 4.90 Å². The van der Waals surface area contributed by atoms with E-state index in [9.17, 15) is 0 Å². The van der Waals surface area contributed by atoms with Gasteiger partial charge in [0.2, 0.25) is 0 Å². The molecule has 33 heavy (non-hydrogen) atoms. The van der Waals surface area contributed by atoms with Crippen molar-refractivity contribution in [1.82, 2.24) is 24.6 Å². The summed E-state index contributed by atoms with van der Waals surface area (Å²) in [5.74, 6) is 0. The van der Waals surface area contributed by atoms with Gasteiger partial charge in [-0.05, 0) is 50.6 Å². The summed E-state index contributed by atoms with van der Waals surface area (Å²) in [6, 6.07) is 15.3. The van der Waals surface area contributed by atoms with Crippen molar-refractivity contribution in [3.05, 3.63) is 66.6 Å². The van der Waals surface area contributed by atoms with E-state index in [-0.39, 0.29) is 6.23 Å². The lowest BCUT2D eigenvalue weighted by Crippen LogP contribution is -2.43. The van der Waals surface area contributed by atoms with Gasteiger partial charge >= 0.3 is 0 Å². The lowest BCUT2D eigenvalue weighted by molar-refractivity contribution is 0.0314. The molecule has 0 saturated heterocycles.